The van der Waals surface area contributed by atoms with Crippen molar-refractivity contribution in [1.82, 2.24) is 10.3 Å². The maximum Gasteiger partial charge on any atom is 0.251 e. The zero-order valence-corrected chi connectivity index (χ0v) is 14.8. The third kappa shape index (κ3) is 3.74. The Kier molecular flexibility index (Phi) is 4.81. The minimum absolute atomic E-state index is 0.0588. The predicted molar refractivity (Wildman–Crippen MR) is 99.5 cm³/mol. The maximum absolute atomic E-state index is 12.1. The van der Waals surface area contributed by atoms with Crippen LogP contribution in [0.25, 0.3) is 10.9 Å². The quantitative estimate of drug-likeness (QED) is 0.721. The van der Waals surface area contributed by atoms with Crippen LogP contribution in [0.15, 0.2) is 57.8 Å². The molecular weight excluding hydrogens is 368 g/mol. The number of amides is 1. The van der Waals surface area contributed by atoms with E-state index in [1.807, 2.05) is 36.4 Å². The molecule has 0 aliphatic rings. The van der Waals surface area contributed by atoms with Gasteiger partial charge < -0.3 is 10.3 Å². The Hall–Kier alpha value is -2.40. The molecule has 0 saturated carbocycles. The molecule has 122 valence electrons. The highest BCUT2D eigenvalue weighted by Gasteiger charge is 2.05. The Labute approximate surface area is 148 Å². The summed E-state index contributed by atoms with van der Waals surface area (Å²) in [6.07, 6.45) is 0.730. The summed E-state index contributed by atoms with van der Waals surface area (Å²) in [6, 6.07) is 15.1. The van der Waals surface area contributed by atoms with Gasteiger partial charge in [0, 0.05) is 27.7 Å². The fourth-order valence-electron chi connectivity index (χ4n) is 2.57. The summed E-state index contributed by atoms with van der Waals surface area (Å²) in [6.45, 7) is 2.35. The van der Waals surface area contributed by atoms with Gasteiger partial charge in [-0.15, -0.1) is 0 Å². The van der Waals surface area contributed by atoms with Crippen LogP contribution in [0.5, 0.6) is 0 Å². The molecule has 2 aromatic carbocycles. The van der Waals surface area contributed by atoms with Gasteiger partial charge in [-0.1, -0.05) is 28.1 Å². The lowest BCUT2D eigenvalue weighted by Crippen LogP contribution is -2.25. The highest BCUT2D eigenvalue weighted by Crippen LogP contribution is 2.14. The van der Waals surface area contributed by atoms with E-state index < -0.39 is 0 Å². The number of fused-ring (bicyclic) bond motifs is 1. The highest BCUT2D eigenvalue weighted by atomic mass is 79.9. The lowest BCUT2D eigenvalue weighted by molar-refractivity contribution is 0.0954. The van der Waals surface area contributed by atoms with Crippen LogP contribution < -0.4 is 10.9 Å². The molecule has 1 aromatic heterocycles. The molecule has 3 aromatic rings. The molecule has 5 heteroatoms. The number of halogens is 1. The topological polar surface area (TPSA) is 62.0 Å². The second-order valence-corrected chi connectivity index (χ2v) is 6.64. The zero-order chi connectivity index (χ0) is 17.1. The average Bonchev–Trinajstić information content (AvgIpc) is 2.56. The fourth-order valence-corrected chi connectivity index (χ4v) is 2.97. The van der Waals surface area contributed by atoms with Crippen LogP contribution in [0.3, 0.4) is 0 Å². The van der Waals surface area contributed by atoms with Crippen molar-refractivity contribution in [1.29, 1.82) is 0 Å². The molecule has 0 bridgehead atoms. The molecule has 0 spiro atoms. The number of pyridine rings is 1. The smallest absolute Gasteiger partial charge is 0.251 e. The normalized spacial score (nSPS) is 10.8. The number of nitrogens with one attached hydrogen (secondary N) is 2. The number of carbonyl (C=O) groups is 1. The first-order chi connectivity index (χ1) is 11.5. The van der Waals surface area contributed by atoms with Crippen molar-refractivity contribution in [2.45, 2.75) is 13.3 Å². The van der Waals surface area contributed by atoms with Crippen molar-refractivity contribution >= 4 is 32.7 Å². The number of benzene rings is 2. The van der Waals surface area contributed by atoms with Crippen molar-refractivity contribution in [2.24, 2.45) is 0 Å². The van der Waals surface area contributed by atoms with Crippen molar-refractivity contribution in [3.05, 3.63) is 80.0 Å². The van der Waals surface area contributed by atoms with E-state index in [0.717, 1.165) is 27.4 Å². The van der Waals surface area contributed by atoms with E-state index in [1.54, 1.807) is 19.1 Å². The molecule has 0 saturated heterocycles. The summed E-state index contributed by atoms with van der Waals surface area (Å²) in [5.41, 5.74) is 3.21. The highest BCUT2D eigenvalue weighted by molar-refractivity contribution is 9.10. The Morgan fingerprint density at radius 1 is 1.17 bits per heavy atom. The summed E-state index contributed by atoms with van der Waals surface area (Å²) < 4.78 is 0.883. The summed E-state index contributed by atoms with van der Waals surface area (Å²) >= 11 is 3.36. The molecule has 1 heterocycles. The van der Waals surface area contributed by atoms with E-state index in [1.165, 1.54) is 0 Å². The van der Waals surface area contributed by atoms with Gasteiger partial charge in [-0.25, -0.2) is 0 Å². The van der Waals surface area contributed by atoms with Crippen molar-refractivity contribution in [3.8, 4) is 0 Å². The molecule has 0 atom stereocenters. The molecule has 4 nitrogen and oxygen atoms in total. The third-order valence-electron chi connectivity index (χ3n) is 3.88. The SMILES string of the molecule is Cc1cc2cc(CCNC(=O)c3cccc(Br)c3)ccc2[nH]c1=O. The van der Waals surface area contributed by atoms with E-state index in [0.29, 0.717) is 17.7 Å². The number of hydrogen-bond donors (Lipinski definition) is 2. The molecule has 1 amide bonds. The van der Waals surface area contributed by atoms with E-state index in [-0.39, 0.29) is 11.5 Å². The fraction of sp³-hybridized carbons (Fsp3) is 0.158. The summed E-state index contributed by atoms with van der Waals surface area (Å²) in [7, 11) is 0. The first kappa shape index (κ1) is 16.5. The monoisotopic (exact) mass is 384 g/mol. The lowest BCUT2D eigenvalue weighted by Gasteiger charge is -2.07. The number of H-pyrrole nitrogens is 1. The summed E-state index contributed by atoms with van der Waals surface area (Å²) in [5, 5.41) is 3.93. The third-order valence-corrected chi connectivity index (χ3v) is 4.37. The summed E-state index contributed by atoms with van der Waals surface area (Å²) in [5.74, 6) is -0.0859. The van der Waals surface area contributed by atoms with E-state index in [2.05, 4.69) is 26.2 Å². The second-order valence-electron chi connectivity index (χ2n) is 5.72. The first-order valence-corrected chi connectivity index (χ1v) is 8.48. The molecule has 24 heavy (non-hydrogen) atoms. The van der Waals surface area contributed by atoms with Crippen molar-refractivity contribution in [2.75, 3.05) is 6.54 Å². The molecule has 0 aliphatic heterocycles. The van der Waals surface area contributed by atoms with Crippen LogP contribution in [-0.4, -0.2) is 17.4 Å². The van der Waals surface area contributed by atoms with Crippen LogP contribution in [0.4, 0.5) is 0 Å². The Morgan fingerprint density at radius 2 is 2.00 bits per heavy atom. The van der Waals surface area contributed by atoms with Gasteiger partial charge >= 0.3 is 0 Å². The molecule has 0 radical (unpaired) electrons. The molecule has 3 rings (SSSR count). The number of hydrogen-bond acceptors (Lipinski definition) is 2. The van der Waals surface area contributed by atoms with E-state index in [4.69, 9.17) is 0 Å². The van der Waals surface area contributed by atoms with Gasteiger partial charge in [0.05, 0.1) is 0 Å². The van der Waals surface area contributed by atoms with Crippen LogP contribution in [-0.2, 0) is 6.42 Å². The Morgan fingerprint density at radius 3 is 2.79 bits per heavy atom. The van der Waals surface area contributed by atoms with Crippen LogP contribution in [0.2, 0.25) is 0 Å². The van der Waals surface area contributed by atoms with Gasteiger partial charge in [0.1, 0.15) is 0 Å². The molecule has 0 unspecified atom stereocenters. The summed E-state index contributed by atoms with van der Waals surface area (Å²) in [4.78, 5) is 26.6. The average molecular weight is 385 g/mol. The van der Waals surface area contributed by atoms with Crippen molar-refractivity contribution < 1.29 is 4.79 Å². The van der Waals surface area contributed by atoms with E-state index >= 15 is 0 Å². The number of aromatic amines is 1. The standard InChI is InChI=1S/C19H17BrN2O2/c1-12-9-15-10-13(5-6-17(15)22-18(12)23)7-8-21-19(24)14-3-2-4-16(20)11-14/h2-6,9-11H,7-8H2,1H3,(H,21,24)(H,22,23). The van der Waals surface area contributed by atoms with Crippen molar-refractivity contribution in [3.63, 3.8) is 0 Å². The van der Waals surface area contributed by atoms with Crippen LogP contribution >= 0.6 is 15.9 Å². The van der Waals surface area contributed by atoms with Gasteiger partial charge in [0.25, 0.3) is 11.5 Å². The Bertz CT molecular complexity index is 963. The van der Waals surface area contributed by atoms with Crippen LogP contribution in [0, 0.1) is 6.92 Å². The van der Waals surface area contributed by atoms with Gasteiger partial charge in [-0.05, 0) is 60.7 Å². The van der Waals surface area contributed by atoms with Gasteiger partial charge in [-0.2, -0.15) is 0 Å². The molecular formula is C19H17BrN2O2. The van der Waals surface area contributed by atoms with E-state index in [9.17, 15) is 9.59 Å². The van der Waals surface area contributed by atoms with Gasteiger partial charge in [0.15, 0.2) is 0 Å². The zero-order valence-electron chi connectivity index (χ0n) is 13.2. The Balaban J connectivity index is 1.66. The first-order valence-electron chi connectivity index (χ1n) is 7.69. The number of aryl methyl sites for hydroxylation is 1. The minimum Gasteiger partial charge on any atom is -0.352 e. The van der Waals surface area contributed by atoms with Gasteiger partial charge in [0.2, 0.25) is 0 Å². The molecule has 2 N–H and O–H groups in total. The minimum atomic E-state index is -0.0859. The molecule has 0 fully saturated rings. The largest absolute Gasteiger partial charge is 0.352 e. The van der Waals surface area contributed by atoms with Crippen LogP contribution in [0.1, 0.15) is 21.5 Å². The number of carbonyl (C=O) groups excluding carboxylic acids is 1. The number of rotatable bonds is 4. The predicted octanol–water partition coefficient (Wildman–Crippen LogP) is 3.57. The number of aromatic nitrogens is 1. The maximum atomic E-state index is 12.1. The second kappa shape index (κ2) is 7.01. The van der Waals surface area contributed by atoms with Gasteiger partial charge in [-0.3, -0.25) is 9.59 Å². The molecule has 0 aliphatic carbocycles. The lowest BCUT2D eigenvalue weighted by atomic mass is 10.1.